The van der Waals surface area contributed by atoms with Gasteiger partial charge in [-0.15, -0.1) is 0 Å². The van der Waals surface area contributed by atoms with Crippen LogP contribution in [0.5, 0.6) is 5.75 Å². The molecule has 0 fully saturated rings. The molecule has 4 nitrogen and oxygen atoms in total. The Balaban J connectivity index is 2.59. The molecule has 0 atom stereocenters. The zero-order valence-corrected chi connectivity index (χ0v) is 12.1. The number of carbonyl (C=O) groups excluding carboxylic acids is 1. The van der Waals surface area contributed by atoms with Gasteiger partial charge in [0.05, 0.1) is 25.4 Å². The fraction of sp³-hybridized carbons (Fsp3) is 0.462. The Morgan fingerprint density at radius 3 is 2.71 bits per heavy atom. The van der Waals surface area contributed by atoms with Gasteiger partial charge in [-0.05, 0) is 24.6 Å². The fourth-order valence-electron chi connectivity index (χ4n) is 1.45. The van der Waals surface area contributed by atoms with Gasteiger partial charge in [-0.2, -0.15) is 13.2 Å². The maximum Gasteiger partial charge on any atom is 0.401 e. The Kier molecular flexibility index (Phi) is 6.77. The molecule has 0 bridgehead atoms. The van der Waals surface area contributed by atoms with Crippen LogP contribution in [-0.4, -0.2) is 31.8 Å². The van der Waals surface area contributed by atoms with E-state index in [4.69, 9.17) is 16.3 Å². The van der Waals surface area contributed by atoms with Crippen molar-refractivity contribution in [2.75, 3.05) is 25.0 Å². The summed E-state index contributed by atoms with van der Waals surface area (Å²) in [5.74, 6) is -0.187. The number of carbonyl (C=O) groups is 1. The average molecular weight is 325 g/mol. The first-order valence-corrected chi connectivity index (χ1v) is 6.69. The fourth-order valence-corrected chi connectivity index (χ4v) is 1.62. The number of hydrogen-bond acceptors (Lipinski definition) is 3. The minimum atomic E-state index is -4.36. The Labute approximate surface area is 125 Å². The second-order valence-electron chi connectivity index (χ2n) is 4.26. The molecule has 0 radical (unpaired) electrons. The normalized spacial score (nSPS) is 11.3. The molecular formula is C13H16ClF3N2O2. The summed E-state index contributed by atoms with van der Waals surface area (Å²) in [6.45, 7) is 0.695. The lowest BCUT2D eigenvalue weighted by atomic mass is 10.3. The van der Waals surface area contributed by atoms with E-state index in [9.17, 15) is 18.0 Å². The third-order valence-electron chi connectivity index (χ3n) is 2.29. The van der Waals surface area contributed by atoms with Gasteiger partial charge in [0.15, 0.2) is 0 Å². The Hall–Kier alpha value is -1.47. The van der Waals surface area contributed by atoms with Crippen LogP contribution in [0, 0.1) is 0 Å². The third-order valence-corrected chi connectivity index (χ3v) is 2.52. The molecule has 0 aromatic heterocycles. The number of benzene rings is 1. The predicted molar refractivity (Wildman–Crippen MR) is 74.8 cm³/mol. The van der Waals surface area contributed by atoms with E-state index in [0.29, 0.717) is 23.1 Å². The lowest BCUT2D eigenvalue weighted by Gasteiger charge is -2.13. The molecule has 2 N–H and O–H groups in total. The summed E-state index contributed by atoms with van der Waals surface area (Å²) in [6, 6.07) is 4.68. The van der Waals surface area contributed by atoms with Crippen molar-refractivity contribution in [1.82, 2.24) is 5.32 Å². The topological polar surface area (TPSA) is 50.4 Å². The molecule has 0 aliphatic carbocycles. The molecule has 1 rings (SSSR count). The van der Waals surface area contributed by atoms with Crippen LogP contribution in [0.1, 0.15) is 13.3 Å². The van der Waals surface area contributed by atoms with E-state index in [0.717, 1.165) is 6.42 Å². The Morgan fingerprint density at radius 2 is 2.10 bits per heavy atom. The van der Waals surface area contributed by atoms with Crippen LogP contribution < -0.4 is 15.4 Å². The maximum absolute atomic E-state index is 12.0. The van der Waals surface area contributed by atoms with Crippen LogP contribution in [0.25, 0.3) is 0 Å². The van der Waals surface area contributed by atoms with Gasteiger partial charge < -0.3 is 15.4 Å². The summed E-state index contributed by atoms with van der Waals surface area (Å²) >= 11 is 5.83. The van der Waals surface area contributed by atoms with Crippen molar-refractivity contribution in [3.63, 3.8) is 0 Å². The predicted octanol–water partition coefficient (Wildman–Crippen LogP) is 3.22. The molecule has 1 amide bonds. The van der Waals surface area contributed by atoms with E-state index in [1.165, 1.54) is 6.07 Å². The van der Waals surface area contributed by atoms with Crippen LogP contribution in [0.4, 0.5) is 18.9 Å². The molecule has 8 heteroatoms. The molecule has 118 valence electrons. The highest BCUT2D eigenvalue weighted by Gasteiger charge is 2.26. The monoisotopic (exact) mass is 324 g/mol. The van der Waals surface area contributed by atoms with Gasteiger partial charge in [0.1, 0.15) is 5.75 Å². The first-order valence-electron chi connectivity index (χ1n) is 6.31. The number of alkyl halides is 3. The van der Waals surface area contributed by atoms with Gasteiger partial charge >= 0.3 is 6.18 Å². The van der Waals surface area contributed by atoms with Gasteiger partial charge in [0, 0.05) is 5.02 Å². The zero-order chi connectivity index (χ0) is 15.9. The van der Waals surface area contributed by atoms with Crippen molar-refractivity contribution in [3.05, 3.63) is 23.2 Å². The van der Waals surface area contributed by atoms with Crippen molar-refractivity contribution < 1.29 is 22.7 Å². The number of amides is 1. The summed E-state index contributed by atoms with van der Waals surface area (Å²) in [5, 5.41) is 4.87. The second kappa shape index (κ2) is 8.09. The largest absolute Gasteiger partial charge is 0.491 e. The van der Waals surface area contributed by atoms with Gasteiger partial charge in [-0.25, -0.2) is 0 Å². The van der Waals surface area contributed by atoms with Crippen LogP contribution >= 0.6 is 11.6 Å². The van der Waals surface area contributed by atoms with E-state index in [-0.39, 0.29) is 0 Å². The number of hydrogen-bond donors (Lipinski definition) is 2. The van der Waals surface area contributed by atoms with E-state index in [2.05, 4.69) is 5.32 Å². The number of halogens is 4. The molecule has 0 spiro atoms. The number of nitrogens with one attached hydrogen (secondary N) is 2. The van der Waals surface area contributed by atoms with Crippen molar-refractivity contribution in [2.24, 2.45) is 0 Å². The lowest BCUT2D eigenvalue weighted by Crippen LogP contribution is -2.35. The van der Waals surface area contributed by atoms with Gasteiger partial charge in [0.2, 0.25) is 5.91 Å². The molecule has 0 aliphatic rings. The summed E-state index contributed by atoms with van der Waals surface area (Å²) < 4.78 is 41.3. The first kappa shape index (κ1) is 17.6. The minimum Gasteiger partial charge on any atom is -0.491 e. The number of ether oxygens (including phenoxy) is 1. The summed E-state index contributed by atoms with van der Waals surface area (Å²) in [7, 11) is 0. The highest BCUT2D eigenvalue weighted by molar-refractivity contribution is 6.31. The van der Waals surface area contributed by atoms with Crippen LogP contribution in [0.2, 0.25) is 5.02 Å². The number of rotatable bonds is 7. The standard InChI is InChI=1S/C13H16ClF3N2O2/c1-2-5-21-11-4-3-9(14)6-10(11)19-12(20)7-18-8-13(15,16)17/h3-4,6,18H,2,5,7-8H2,1H3,(H,19,20). The summed E-state index contributed by atoms with van der Waals surface area (Å²) in [5.41, 5.74) is 0.328. The zero-order valence-electron chi connectivity index (χ0n) is 11.4. The van der Waals surface area contributed by atoms with E-state index >= 15 is 0 Å². The molecule has 1 aromatic carbocycles. The third kappa shape index (κ3) is 7.19. The van der Waals surface area contributed by atoms with Crippen molar-refractivity contribution in [2.45, 2.75) is 19.5 Å². The van der Waals surface area contributed by atoms with Crippen LogP contribution in [0.3, 0.4) is 0 Å². The molecule has 0 heterocycles. The SMILES string of the molecule is CCCOc1ccc(Cl)cc1NC(=O)CNCC(F)(F)F. The molecule has 0 saturated carbocycles. The first-order chi connectivity index (χ1) is 9.81. The summed E-state index contributed by atoms with van der Waals surface area (Å²) in [6.07, 6.45) is -3.57. The van der Waals surface area contributed by atoms with E-state index in [1.807, 2.05) is 12.2 Å². The quantitative estimate of drug-likeness (QED) is 0.809. The highest BCUT2D eigenvalue weighted by atomic mass is 35.5. The molecular weight excluding hydrogens is 309 g/mol. The van der Waals surface area contributed by atoms with E-state index in [1.54, 1.807) is 12.1 Å². The molecule has 0 saturated heterocycles. The van der Waals surface area contributed by atoms with Crippen molar-refractivity contribution >= 4 is 23.2 Å². The van der Waals surface area contributed by atoms with Crippen LogP contribution in [-0.2, 0) is 4.79 Å². The Morgan fingerprint density at radius 1 is 1.38 bits per heavy atom. The van der Waals surface area contributed by atoms with Gasteiger partial charge in [0.25, 0.3) is 0 Å². The van der Waals surface area contributed by atoms with Crippen molar-refractivity contribution in [3.8, 4) is 5.75 Å². The van der Waals surface area contributed by atoms with Crippen molar-refractivity contribution in [1.29, 1.82) is 0 Å². The average Bonchev–Trinajstić information content (AvgIpc) is 2.36. The second-order valence-corrected chi connectivity index (χ2v) is 4.69. The minimum absolute atomic E-state index is 0.328. The maximum atomic E-state index is 12.0. The number of anilines is 1. The van der Waals surface area contributed by atoms with Gasteiger partial charge in [-0.3, -0.25) is 4.79 Å². The molecule has 0 unspecified atom stereocenters. The highest BCUT2D eigenvalue weighted by Crippen LogP contribution is 2.28. The smallest absolute Gasteiger partial charge is 0.401 e. The Bertz CT molecular complexity index is 481. The molecule has 21 heavy (non-hydrogen) atoms. The van der Waals surface area contributed by atoms with Crippen LogP contribution in [0.15, 0.2) is 18.2 Å². The molecule has 1 aromatic rings. The lowest BCUT2D eigenvalue weighted by molar-refractivity contribution is -0.126. The van der Waals surface area contributed by atoms with E-state index < -0.39 is 25.2 Å². The van der Waals surface area contributed by atoms with Gasteiger partial charge in [-0.1, -0.05) is 18.5 Å². The summed E-state index contributed by atoms with van der Waals surface area (Å²) in [4.78, 5) is 11.6. The molecule has 0 aliphatic heterocycles.